The summed E-state index contributed by atoms with van der Waals surface area (Å²) in [5.74, 6) is 0. The first-order valence-corrected chi connectivity index (χ1v) is 11.2. The maximum atomic E-state index is 11.6. The summed E-state index contributed by atoms with van der Waals surface area (Å²) >= 11 is 0. The zero-order valence-corrected chi connectivity index (χ0v) is 16.3. The van der Waals surface area contributed by atoms with Crippen molar-refractivity contribution in [1.29, 1.82) is 0 Å². The van der Waals surface area contributed by atoms with Gasteiger partial charge in [-0.1, -0.05) is 36.4 Å². The first-order chi connectivity index (χ1) is 12.9. The third-order valence-corrected chi connectivity index (χ3v) is 6.80. The Morgan fingerprint density at radius 2 is 1.52 bits per heavy atom. The molecular formula is C20H26N3O3S+. The molecule has 0 aliphatic carbocycles. The second-order valence-corrected chi connectivity index (χ2v) is 9.40. The zero-order chi connectivity index (χ0) is 19.0. The Kier molecular flexibility index (Phi) is 4.94. The number of para-hydroxylation sites is 2. The fourth-order valence-corrected chi connectivity index (χ4v) is 4.99. The van der Waals surface area contributed by atoms with Gasteiger partial charge in [0.15, 0.2) is 0 Å². The van der Waals surface area contributed by atoms with Gasteiger partial charge in [-0.25, -0.2) is 8.42 Å². The molecule has 0 amide bonds. The summed E-state index contributed by atoms with van der Waals surface area (Å²) in [6, 6.07) is 16.6. The Bertz CT molecular complexity index is 999. The van der Waals surface area contributed by atoms with Crippen molar-refractivity contribution < 1.29 is 18.4 Å². The highest BCUT2D eigenvalue weighted by molar-refractivity contribution is 7.88. The van der Waals surface area contributed by atoms with Crippen LogP contribution in [-0.2, 0) is 16.6 Å². The van der Waals surface area contributed by atoms with Crippen LogP contribution in [0.15, 0.2) is 48.5 Å². The minimum atomic E-state index is -3.11. The van der Waals surface area contributed by atoms with Gasteiger partial charge in [0.25, 0.3) is 0 Å². The number of benzene rings is 2. The molecule has 27 heavy (non-hydrogen) atoms. The molecule has 2 heterocycles. The van der Waals surface area contributed by atoms with Gasteiger partial charge in [-0.2, -0.15) is 4.31 Å². The lowest BCUT2D eigenvalue weighted by molar-refractivity contribution is -0.906. The average Bonchev–Trinajstić information content (AvgIpc) is 2.96. The quantitative estimate of drug-likeness (QED) is 0.661. The molecule has 2 N–H and O–H groups in total. The molecule has 1 fully saturated rings. The van der Waals surface area contributed by atoms with E-state index in [1.54, 1.807) is 0 Å². The second-order valence-electron chi connectivity index (χ2n) is 7.41. The number of nitrogens with zero attached hydrogens (tertiary/aromatic N) is 2. The number of hydrogen-bond donors (Lipinski definition) is 2. The molecule has 0 unspecified atom stereocenters. The minimum Gasteiger partial charge on any atom is -0.385 e. The van der Waals surface area contributed by atoms with Crippen molar-refractivity contribution in [1.82, 2.24) is 8.87 Å². The molecule has 2 aromatic carbocycles. The van der Waals surface area contributed by atoms with Crippen LogP contribution in [0.25, 0.3) is 21.8 Å². The Morgan fingerprint density at radius 1 is 1.00 bits per heavy atom. The molecule has 0 spiro atoms. The fourth-order valence-electron chi connectivity index (χ4n) is 4.15. The Labute approximate surface area is 159 Å². The number of hydrogen-bond acceptors (Lipinski definition) is 3. The third kappa shape index (κ3) is 3.73. The van der Waals surface area contributed by atoms with E-state index in [9.17, 15) is 13.5 Å². The smallest absolute Gasteiger partial charge is 0.211 e. The number of rotatable bonds is 5. The molecule has 7 heteroatoms. The molecule has 0 saturated carbocycles. The molecule has 1 aliphatic rings. The topological polar surface area (TPSA) is 67.0 Å². The van der Waals surface area contributed by atoms with Crippen molar-refractivity contribution in [3.8, 4) is 0 Å². The van der Waals surface area contributed by atoms with Crippen LogP contribution in [0.4, 0.5) is 0 Å². The molecule has 1 aliphatic heterocycles. The van der Waals surface area contributed by atoms with Crippen LogP contribution >= 0.6 is 0 Å². The van der Waals surface area contributed by atoms with Crippen LogP contribution in [0.1, 0.15) is 0 Å². The third-order valence-electron chi connectivity index (χ3n) is 5.50. The fraction of sp³-hybridized carbons (Fsp3) is 0.400. The van der Waals surface area contributed by atoms with Gasteiger partial charge in [-0.3, -0.25) is 0 Å². The highest BCUT2D eigenvalue weighted by atomic mass is 32.2. The standard InChI is InChI=1S/C20H25N3O3S/c1-27(25,26)22-12-10-21(11-13-22)14-16(24)15-23-19-8-4-2-6-17(19)18-7-3-5-9-20(18)23/h2-9,16,24H,10-15H2,1H3/p+1/t16-/m1/s1. The van der Waals surface area contributed by atoms with Gasteiger partial charge in [0.1, 0.15) is 12.6 Å². The van der Waals surface area contributed by atoms with Crippen molar-refractivity contribution in [2.24, 2.45) is 0 Å². The van der Waals surface area contributed by atoms with E-state index in [2.05, 4.69) is 28.8 Å². The number of fused-ring (bicyclic) bond motifs is 3. The number of sulfonamides is 1. The van der Waals surface area contributed by atoms with Crippen molar-refractivity contribution in [3.63, 3.8) is 0 Å². The molecule has 144 valence electrons. The molecule has 1 aromatic heterocycles. The van der Waals surface area contributed by atoms with Gasteiger partial charge in [-0.05, 0) is 12.1 Å². The van der Waals surface area contributed by atoms with Gasteiger partial charge < -0.3 is 14.6 Å². The molecular weight excluding hydrogens is 362 g/mol. The molecule has 4 rings (SSSR count). The SMILES string of the molecule is CS(=O)(=O)N1CC[NH+](C[C@@H](O)Cn2c3ccccc3c3ccccc32)CC1. The van der Waals surface area contributed by atoms with E-state index in [1.807, 2.05) is 24.3 Å². The maximum absolute atomic E-state index is 11.6. The zero-order valence-electron chi connectivity index (χ0n) is 15.5. The molecule has 1 atom stereocenters. The van der Waals surface area contributed by atoms with Crippen LogP contribution < -0.4 is 4.90 Å². The van der Waals surface area contributed by atoms with Gasteiger partial charge in [0, 0.05) is 21.8 Å². The highest BCUT2D eigenvalue weighted by Gasteiger charge is 2.27. The largest absolute Gasteiger partial charge is 0.385 e. The lowest BCUT2D eigenvalue weighted by Gasteiger charge is -2.31. The van der Waals surface area contributed by atoms with E-state index in [4.69, 9.17) is 0 Å². The first kappa shape index (κ1) is 18.4. The van der Waals surface area contributed by atoms with Crippen LogP contribution in [-0.4, -0.2) is 67.5 Å². The van der Waals surface area contributed by atoms with E-state index < -0.39 is 16.1 Å². The predicted octanol–water partition coefficient (Wildman–Crippen LogP) is 0.316. The summed E-state index contributed by atoms with van der Waals surface area (Å²) < 4.78 is 27.0. The van der Waals surface area contributed by atoms with Crippen LogP contribution in [0, 0.1) is 0 Å². The number of aliphatic hydroxyl groups is 1. The molecule has 3 aromatic rings. The minimum absolute atomic E-state index is 0.482. The molecule has 0 radical (unpaired) electrons. The van der Waals surface area contributed by atoms with Crippen molar-refractivity contribution >= 4 is 31.8 Å². The summed E-state index contributed by atoms with van der Waals surface area (Å²) in [6.45, 7) is 3.67. The highest BCUT2D eigenvalue weighted by Crippen LogP contribution is 2.28. The predicted molar refractivity (Wildman–Crippen MR) is 107 cm³/mol. The van der Waals surface area contributed by atoms with Crippen LogP contribution in [0.2, 0.25) is 0 Å². The number of aliphatic hydroxyl groups excluding tert-OH is 1. The van der Waals surface area contributed by atoms with Crippen LogP contribution in [0.5, 0.6) is 0 Å². The molecule has 0 bridgehead atoms. The van der Waals surface area contributed by atoms with Crippen molar-refractivity contribution in [2.75, 3.05) is 39.0 Å². The Morgan fingerprint density at radius 3 is 2.04 bits per heavy atom. The molecule has 6 nitrogen and oxygen atoms in total. The van der Waals surface area contributed by atoms with E-state index in [0.717, 1.165) is 24.1 Å². The first-order valence-electron chi connectivity index (χ1n) is 9.36. The Balaban J connectivity index is 1.50. The van der Waals surface area contributed by atoms with Gasteiger partial charge in [0.2, 0.25) is 10.0 Å². The number of aromatic nitrogens is 1. The van der Waals surface area contributed by atoms with Gasteiger partial charge in [0.05, 0.1) is 39.0 Å². The number of piperazine rings is 1. The second kappa shape index (κ2) is 7.24. The van der Waals surface area contributed by atoms with E-state index in [-0.39, 0.29) is 0 Å². The van der Waals surface area contributed by atoms with Gasteiger partial charge in [-0.15, -0.1) is 0 Å². The lowest BCUT2D eigenvalue weighted by Crippen LogP contribution is -3.15. The maximum Gasteiger partial charge on any atom is 0.211 e. The summed E-state index contributed by atoms with van der Waals surface area (Å²) in [6.07, 6.45) is 0.777. The number of quaternary nitrogens is 1. The Hall–Kier alpha value is -1.93. The van der Waals surface area contributed by atoms with Crippen LogP contribution in [0.3, 0.4) is 0 Å². The summed E-state index contributed by atoms with van der Waals surface area (Å²) in [7, 11) is -3.11. The van der Waals surface area contributed by atoms with Crippen molar-refractivity contribution in [3.05, 3.63) is 48.5 Å². The number of nitrogens with one attached hydrogen (secondary N) is 1. The van der Waals surface area contributed by atoms with Crippen molar-refractivity contribution in [2.45, 2.75) is 12.6 Å². The summed E-state index contributed by atoms with van der Waals surface area (Å²) in [5.41, 5.74) is 2.27. The van der Waals surface area contributed by atoms with E-state index >= 15 is 0 Å². The normalized spacial score (nSPS) is 18.3. The monoisotopic (exact) mass is 388 g/mol. The van der Waals surface area contributed by atoms with E-state index in [0.29, 0.717) is 26.2 Å². The lowest BCUT2D eigenvalue weighted by atomic mass is 10.2. The van der Waals surface area contributed by atoms with E-state index in [1.165, 1.54) is 26.2 Å². The summed E-state index contributed by atoms with van der Waals surface area (Å²) in [5, 5.41) is 13.2. The van der Waals surface area contributed by atoms with Gasteiger partial charge >= 0.3 is 0 Å². The molecule has 1 saturated heterocycles. The summed E-state index contributed by atoms with van der Waals surface area (Å²) in [4.78, 5) is 1.25. The average molecular weight is 389 g/mol.